The molecule has 0 aliphatic carbocycles. The molecule has 0 spiro atoms. The Balaban J connectivity index is 0.00000324. The number of halogens is 8. The van der Waals surface area contributed by atoms with Gasteiger partial charge in [-0.15, -0.1) is 0 Å². The van der Waals surface area contributed by atoms with Crippen molar-refractivity contribution in [1.82, 2.24) is 0 Å². The largest absolute Gasteiger partial charge is 3.00 e. The van der Waals surface area contributed by atoms with Crippen LogP contribution in [0.4, 0.5) is 0 Å². The van der Waals surface area contributed by atoms with Crippen LogP contribution < -0.4 is 0 Å². The first-order valence-corrected chi connectivity index (χ1v) is 13.1. The van der Waals surface area contributed by atoms with E-state index < -0.39 is 5.97 Å². The summed E-state index contributed by atoms with van der Waals surface area (Å²) >= 11 is 38.5. The zero-order valence-electron chi connectivity index (χ0n) is 15.9. The number of aromatic carboxylic acids is 1. The van der Waals surface area contributed by atoms with Gasteiger partial charge in [0.15, 0.2) is 20.4 Å². The summed E-state index contributed by atoms with van der Waals surface area (Å²) in [6.07, 6.45) is 0. The van der Waals surface area contributed by atoms with Crippen LogP contribution in [0.2, 0.25) is 20.1 Å². The van der Waals surface area contributed by atoms with Crippen LogP contribution in [0.25, 0.3) is 33.1 Å². The van der Waals surface area contributed by atoms with Crippen molar-refractivity contribution in [2.75, 3.05) is 0 Å². The molecule has 3 aromatic carbocycles. The molecule has 0 radical (unpaired) electrons. The molecule has 1 heterocycles. The average molecular weight is 814 g/mol. The second kappa shape index (κ2) is 10.4. The number of carboxylic acids is 1. The number of hydrogen-bond donors (Lipinski definition) is 3. The van der Waals surface area contributed by atoms with Gasteiger partial charge in [-0.1, -0.05) is 46.4 Å². The fraction of sp³-hybridized carbons (Fsp3) is 0. The van der Waals surface area contributed by atoms with Gasteiger partial charge in [-0.2, -0.15) is 0 Å². The Kier molecular flexibility index (Phi) is 8.75. The topological polar surface area (TPSA) is 89.1 Å². The summed E-state index contributed by atoms with van der Waals surface area (Å²) in [6, 6.07) is 3.06. The monoisotopic (exact) mass is 808 g/mol. The van der Waals surface area contributed by atoms with Crippen molar-refractivity contribution < 1.29 is 24.5 Å². The van der Waals surface area contributed by atoms with Gasteiger partial charge in [0.05, 0.1) is 45.4 Å². The van der Waals surface area contributed by atoms with Crippen LogP contribution in [-0.2, 0) is 0 Å². The number of carboxylic acid groups (broad SMARTS) is 1. The second-order valence-electron chi connectivity index (χ2n) is 6.58. The van der Waals surface area contributed by atoms with Gasteiger partial charge >= 0.3 is 34.5 Å². The molecule has 4 rings (SSSR count). The maximum Gasteiger partial charge on any atom is 3.00 e. The van der Waals surface area contributed by atoms with Gasteiger partial charge in [0.2, 0.25) is 0 Å². The number of rotatable bonds is 2. The Morgan fingerprint density at radius 3 is 1.56 bits per heavy atom. The van der Waals surface area contributed by atoms with Crippen molar-refractivity contribution in [3.8, 4) is 22.6 Å². The Hall–Kier alpha value is 0.0125. The summed E-state index contributed by atoms with van der Waals surface area (Å²) in [5.74, 6) is -1.72. The molecule has 0 unspecified atom stereocenters. The maximum absolute atomic E-state index is 12.3. The van der Waals surface area contributed by atoms with Crippen molar-refractivity contribution in [3.05, 3.63) is 55.7 Å². The predicted molar refractivity (Wildman–Crippen MR) is 150 cm³/mol. The number of benzene rings is 3. The number of fused-ring (bicyclic) bond motifs is 2. The van der Waals surface area contributed by atoms with Gasteiger partial charge in [0, 0.05) is 11.1 Å². The zero-order valence-corrected chi connectivity index (χ0v) is 26.4. The molecule has 14 heteroatoms. The third-order valence-electron chi connectivity index (χ3n) is 4.77. The van der Waals surface area contributed by atoms with Crippen molar-refractivity contribution in [2.24, 2.45) is 0 Å². The van der Waals surface area contributed by atoms with E-state index in [4.69, 9.17) is 50.8 Å². The third kappa shape index (κ3) is 4.36. The van der Waals surface area contributed by atoms with Crippen LogP contribution in [0.1, 0.15) is 10.4 Å². The molecule has 170 valence electrons. The zero-order chi connectivity index (χ0) is 24.5. The second-order valence-corrected chi connectivity index (χ2v) is 11.4. The van der Waals surface area contributed by atoms with Gasteiger partial charge in [-0.05, 0) is 75.9 Å². The van der Waals surface area contributed by atoms with Crippen molar-refractivity contribution in [2.45, 2.75) is 0 Å². The molecule has 0 bridgehead atoms. The predicted octanol–water partition coefficient (Wildman–Crippen LogP) is 9.93. The Morgan fingerprint density at radius 2 is 1.15 bits per heavy atom. The molecule has 0 atom stereocenters. The first-order valence-electron chi connectivity index (χ1n) is 8.45. The number of carbonyl (C=O) groups is 1. The summed E-state index contributed by atoms with van der Waals surface area (Å²) in [5, 5.41) is 30.8. The van der Waals surface area contributed by atoms with Crippen molar-refractivity contribution >= 4 is 155 Å². The summed E-state index contributed by atoms with van der Waals surface area (Å²) < 4.78 is 6.94. The molecule has 1 aromatic heterocycles. The molecular weight excluding hydrogens is 809 g/mol. The minimum Gasteiger partial charge on any atom is -0.505 e. The van der Waals surface area contributed by atoms with Crippen LogP contribution in [0.5, 0.6) is 11.5 Å². The van der Waals surface area contributed by atoms with E-state index in [1.54, 1.807) is 0 Å². The van der Waals surface area contributed by atoms with E-state index in [-0.39, 0.29) is 94.7 Å². The summed E-state index contributed by atoms with van der Waals surface area (Å²) in [6.45, 7) is 0. The number of aromatic hydroxyl groups is 2. The number of phenolic OH excluding ortho intramolecular Hbond substituents is 2. The van der Waals surface area contributed by atoms with Crippen molar-refractivity contribution in [1.29, 1.82) is 0 Å². The maximum atomic E-state index is 12.3. The van der Waals surface area contributed by atoms with Crippen LogP contribution in [0, 0.1) is 0 Å². The molecule has 0 aliphatic heterocycles. The minimum atomic E-state index is -1.40. The Labute approximate surface area is 255 Å². The quantitative estimate of drug-likeness (QED) is 0.0617. The molecule has 0 amide bonds. The molecule has 4 aromatic rings. The van der Waals surface area contributed by atoms with Gasteiger partial charge < -0.3 is 15.3 Å². The molecule has 0 aliphatic rings. The van der Waals surface area contributed by atoms with E-state index in [2.05, 4.69) is 63.7 Å². The normalized spacial score (nSPS) is 11.2. The summed E-state index contributed by atoms with van der Waals surface area (Å²) in [4.78, 5) is 12.3. The SMILES string of the molecule is O=C(O)c1c(Cl)c(Cl)c(Cl)c(Cl)c1-c1c2cc(Br)c(O)c(Br)c2[o+]c2c(Br)c(O)c(Br)cc12.[Al+3]. The third-order valence-corrected chi connectivity index (χ3v) is 9.25. The number of hydrogen-bond acceptors (Lipinski definition) is 3. The first kappa shape index (κ1) is 28.6. The minimum absolute atomic E-state index is 0. The number of phenols is 2. The van der Waals surface area contributed by atoms with E-state index in [1.165, 1.54) is 12.1 Å². The van der Waals surface area contributed by atoms with E-state index in [0.29, 0.717) is 10.8 Å². The van der Waals surface area contributed by atoms with Gasteiger partial charge in [-0.3, -0.25) is 0 Å². The van der Waals surface area contributed by atoms with Crippen LogP contribution >= 0.6 is 110 Å². The molecule has 0 saturated carbocycles. The summed E-state index contributed by atoms with van der Waals surface area (Å²) in [5.41, 5.74) is 0.121. The van der Waals surface area contributed by atoms with Gasteiger partial charge in [0.1, 0.15) is 0 Å². The van der Waals surface area contributed by atoms with Gasteiger partial charge in [-0.25, -0.2) is 9.21 Å². The average Bonchev–Trinajstić information content (AvgIpc) is 2.76. The standard InChI is InChI=1S/C20H4Br4Cl4O5.Al/c21-5-1-3-7(8-9(20(31)32)13(26)15(28)14(27)12(8)25)4-2-6(22)17(30)11(24)19(4)33-18(3)10(23)16(5)29;/h1-2H,(H2-,29,30,31,32);/q;+3/p+1. The van der Waals surface area contributed by atoms with E-state index in [1.807, 2.05) is 0 Å². The van der Waals surface area contributed by atoms with Gasteiger partial charge in [0.25, 0.3) is 0 Å². The van der Waals surface area contributed by atoms with Crippen LogP contribution in [-0.4, -0.2) is 38.6 Å². The van der Waals surface area contributed by atoms with Crippen molar-refractivity contribution in [3.63, 3.8) is 0 Å². The first-order chi connectivity index (χ1) is 15.4. The van der Waals surface area contributed by atoms with Crippen LogP contribution in [0.3, 0.4) is 0 Å². The fourth-order valence-corrected chi connectivity index (χ4v) is 6.77. The summed E-state index contributed by atoms with van der Waals surface area (Å²) in [7, 11) is 0. The molecule has 0 saturated heterocycles. The molecule has 5 nitrogen and oxygen atoms in total. The Morgan fingerprint density at radius 1 is 0.735 bits per heavy atom. The molecule has 3 N–H and O–H groups in total. The molecule has 34 heavy (non-hydrogen) atoms. The van der Waals surface area contributed by atoms with E-state index >= 15 is 0 Å². The van der Waals surface area contributed by atoms with E-state index in [9.17, 15) is 20.1 Å². The molecule has 0 fully saturated rings. The fourth-order valence-electron chi connectivity index (χ4n) is 3.34. The van der Waals surface area contributed by atoms with Crippen LogP contribution in [0.15, 0.2) is 34.4 Å². The van der Waals surface area contributed by atoms with E-state index in [0.717, 1.165) is 0 Å². The Bertz CT molecular complexity index is 1490. The molecular formula is C20H5AlBr4Cl4O5+4. The smallest absolute Gasteiger partial charge is 0.505 e.